The average Bonchev–Trinajstić information content (AvgIpc) is 3.19. The number of nitrogens with one attached hydrogen (secondary N) is 2. The van der Waals surface area contributed by atoms with Crippen LogP contribution in [-0.4, -0.2) is 38.9 Å². The first-order valence-electron chi connectivity index (χ1n) is 8.30. The Balaban J connectivity index is 1.57. The predicted molar refractivity (Wildman–Crippen MR) is 93.1 cm³/mol. The number of amides is 1. The number of rotatable bonds is 7. The Kier molecular flexibility index (Phi) is 5.47. The zero-order chi connectivity index (χ0) is 16.9. The van der Waals surface area contributed by atoms with Crippen molar-refractivity contribution in [3.63, 3.8) is 0 Å². The SMILES string of the molecule is CC(Nc1cnn(CC(=O)NCCO)c1)c1nc2c(s1)CCCC2. The maximum Gasteiger partial charge on any atom is 0.241 e. The fourth-order valence-corrected chi connectivity index (χ4v) is 3.95. The molecule has 1 unspecified atom stereocenters. The number of aromatic nitrogens is 3. The molecule has 24 heavy (non-hydrogen) atoms. The maximum absolute atomic E-state index is 11.6. The van der Waals surface area contributed by atoms with Gasteiger partial charge in [-0.3, -0.25) is 9.48 Å². The van der Waals surface area contributed by atoms with Crippen LogP contribution in [0.25, 0.3) is 0 Å². The lowest BCUT2D eigenvalue weighted by atomic mass is 10.0. The zero-order valence-corrected chi connectivity index (χ0v) is 14.6. The highest BCUT2D eigenvalue weighted by molar-refractivity contribution is 7.11. The standard InChI is InChI=1S/C16H23N5O2S/c1-11(16-20-13-4-2-3-5-14(13)24-16)19-12-8-18-21(9-12)10-15(23)17-6-7-22/h8-9,11,19,22H,2-7,10H2,1H3,(H,17,23). The smallest absolute Gasteiger partial charge is 0.241 e. The molecule has 0 saturated carbocycles. The first-order chi connectivity index (χ1) is 11.7. The van der Waals surface area contributed by atoms with Gasteiger partial charge in [0.15, 0.2) is 0 Å². The van der Waals surface area contributed by atoms with Crippen molar-refractivity contribution < 1.29 is 9.90 Å². The zero-order valence-electron chi connectivity index (χ0n) is 13.8. The second-order valence-corrected chi connectivity index (χ2v) is 7.11. The van der Waals surface area contributed by atoms with Crippen LogP contribution in [0.15, 0.2) is 12.4 Å². The van der Waals surface area contributed by atoms with E-state index in [1.165, 1.54) is 23.4 Å². The highest BCUT2D eigenvalue weighted by atomic mass is 32.1. The van der Waals surface area contributed by atoms with Crippen LogP contribution in [0.5, 0.6) is 0 Å². The molecule has 1 aliphatic rings. The van der Waals surface area contributed by atoms with Crippen LogP contribution in [0.2, 0.25) is 0 Å². The van der Waals surface area contributed by atoms with E-state index in [0.717, 1.165) is 23.5 Å². The quantitative estimate of drug-likeness (QED) is 0.704. The highest BCUT2D eigenvalue weighted by Gasteiger charge is 2.18. The molecule has 0 bridgehead atoms. The van der Waals surface area contributed by atoms with Crippen LogP contribution in [0.3, 0.4) is 0 Å². The summed E-state index contributed by atoms with van der Waals surface area (Å²) in [5.41, 5.74) is 2.14. The van der Waals surface area contributed by atoms with Crippen LogP contribution in [-0.2, 0) is 24.2 Å². The third kappa shape index (κ3) is 4.12. The molecule has 0 radical (unpaired) electrons. The van der Waals surface area contributed by atoms with E-state index < -0.39 is 0 Å². The lowest BCUT2D eigenvalue weighted by Gasteiger charge is -2.10. The van der Waals surface area contributed by atoms with Gasteiger partial charge in [0, 0.05) is 17.6 Å². The van der Waals surface area contributed by atoms with Crippen molar-refractivity contribution >= 4 is 22.9 Å². The van der Waals surface area contributed by atoms with Gasteiger partial charge >= 0.3 is 0 Å². The molecule has 0 spiro atoms. The largest absolute Gasteiger partial charge is 0.395 e. The number of nitrogens with zero attached hydrogens (tertiary/aromatic N) is 3. The van der Waals surface area contributed by atoms with E-state index in [2.05, 4.69) is 22.7 Å². The van der Waals surface area contributed by atoms with Gasteiger partial charge in [-0.2, -0.15) is 5.10 Å². The van der Waals surface area contributed by atoms with Gasteiger partial charge in [-0.05, 0) is 32.6 Å². The van der Waals surface area contributed by atoms with Gasteiger partial charge in [0.2, 0.25) is 5.91 Å². The van der Waals surface area contributed by atoms with E-state index in [4.69, 9.17) is 10.1 Å². The van der Waals surface area contributed by atoms with Gasteiger partial charge in [-0.25, -0.2) is 4.98 Å². The molecule has 2 heterocycles. The lowest BCUT2D eigenvalue weighted by Crippen LogP contribution is -2.30. The summed E-state index contributed by atoms with van der Waals surface area (Å²) in [5.74, 6) is -0.167. The second-order valence-electron chi connectivity index (χ2n) is 6.00. The van der Waals surface area contributed by atoms with E-state index in [0.29, 0.717) is 0 Å². The Bertz CT molecular complexity index is 673. The molecule has 1 amide bonds. The molecule has 1 aliphatic carbocycles. The first-order valence-corrected chi connectivity index (χ1v) is 9.12. The Labute approximate surface area is 145 Å². The third-order valence-corrected chi connectivity index (χ3v) is 5.33. The summed E-state index contributed by atoms with van der Waals surface area (Å²) in [6.45, 7) is 2.43. The monoisotopic (exact) mass is 349 g/mol. The fourth-order valence-electron chi connectivity index (χ4n) is 2.79. The van der Waals surface area contributed by atoms with Crippen LogP contribution < -0.4 is 10.6 Å². The van der Waals surface area contributed by atoms with E-state index in [1.54, 1.807) is 22.2 Å². The summed E-state index contributed by atoms with van der Waals surface area (Å²) in [6.07, 6.45) is 8.27. The molecule has 0 saturated heterocycles. The van der Waals surface area contributed by atoms with Crippen molar-refractivity contribution in [1.29, 1.82) is 0 Å². The summed E-state index contributed by atoms with van der Waals surface area (Å²) in [5, 5.41) is 20.0. The van der Waals surface area contributed by atoms with Gasteiger partial charge in [-0.1, -0.05) is 0 Å². The number of carbonyl (C=O) groups excluding carboxylic acids is 1. The number of hydrogen-bond acceptors (Lipinski definition) is 6. The number of carbonyl (C=O) groups is 1. The van der Waals surface area contributed by atoms with Crippen molar-refractivity contribution in [3.05, 3.63) is 28.0 Å². The third-order valence-electron chi connectivity index (χ3n) is 3.99. The Morgan fingerprint density at radius 1 is 1.46 bits per heavy atom. The topological polar surface area (TPSA) is 92.1 Å². The van der Waals surface area contributed by atoms with Crippen molar-refractivity contribution in [2.24, 2.45) is 0 Å². The van der Waals surface area contributed by atoms with E-state index in [9.17, 15) is 4.79 Å². The number of aliphatic hydroxyl groups is 1. The Hall–Kier alpha value is -1.93. The summed E-state index contributed by atoms with van der Waals surface area (Å²) >= 11 is 1.80. The molecule has 0 aliphatic heterocycles. The van der Waals surface area contributed by atoms with E-state index in [-0.39, 0.29) is 31.6 Å². The van der Waals surface area contributed by atoms with Crippen LogP contribution in [0.4, 0.5) is 5.69 Å². The van der Waals surface area contributed by atoms with E-state index in [1.807, 2.05) is 6.20 Å². The normalized spacial score (nSPS) is 14.9. The van der Waals surface area contributed by atoms with Crippen molar-refractivity contribution in [3.8, 4) is 0 Å². The molecular formula is C16H23N5O2S. The van der Waals surface area contributed by atoms with Crippen molar-refractivity contribution in [2.45, 2.75) is 45.2 Å². The molecule has 3 N–H and O–H groups in total. The van der Waals surface area contributed by atoms with Crippen molar-refractivity contribution in [1.82, 2.24) is 20.1 Å². The molecule has 3 rings (SSSR count). The minimum Gasteiger partial charge on any atom is -0.395 e. The molecular weight excluding hydrogens is 326 g/mol. The summed E-state index contributed by atoms with van der Waals surface area (Å²) < 4.78 is 1.58. The van der Waals surface area contributed by atoms with Crippen LogP contribution in [0, 0.1) is 0 Å². The van der Waals surface area contributed by atoms with Gasteiger partial charge in [-0.15, -0.1) is 11.3 Å². The second kappa shape index (κ2) is 7.76. The molecule has 0 aromatic carbocycles. The molecule has 2 aromatic rings. The van der Waals surface area contributed by atoms with Gasteiger partial charge in [0.1, 0.15) is 11.6 Å². The van der Waals surface area contributed by atoms with E-state index >= 15 is 0 Å². The van der Waals surface area contributed by atoms with Crippen molar-refractivity contribution in [2.75, 3.05) is 18.5 Å². The summed E-state index contributed by atoms with van der Waals surface area (Å²) in [7, 11) is 0. The minimum absolute atomic E-state index is 0.0625. The molecule has 2 aromatic heterocycles. The fraction of sp³-hybridized carbons (Fsp3) is 0.562. The van der Waals surface area contributed by atoms with Gasteiger partial charge < -0.3 is 15.7 Å². The van der Waals surface area contributed by atoms with Gasteiger partial charge in [0.25, 0.3) is 0 Å². The lowest BCUT2D eigenvalue weighted by molar-refractivity contribution is -0.122. The van der Waals surface area contributed by atoms with Gasteiger partial charge in [0.05, 0.1) is 30.2 Å². The number of anilines is 1. The molecule has 130 valence electrons. The Morgan fingerprint density at radius 3 is 3.08 bits per heavy atom. The maximum atomic E-state index is 11.6. The molecule has 1 atom stereocenters. The molecule has 7 nitrogen and oxygen atoms in total. The summed E-state index contributed by atoms with van der Waals surface area (Å²) in [6, 6.07) is 0.112. The average molecular weight is 349 g/mol. The first kappa shape index (κ1) is 16.9. The summed E-state index contributed by atoms with van der Waals surface area (Å²) in [4.78, 5) is 17.8. The minimum atomic E-state index is -0.167. The van der Waals surface area contributed by atoms with Crippen LogP contribution in [0.1, 0.15) is 41.4 Å². The number of aryl methyl sites for hydroxylation is 2. The predicted octanol–water partition coefficient (Wildman–Crippen LogP) is 1.50. The number of hydrogen-bond donors (Lipinski definition) is 3. The Morgan fingerprint density at radius 2 is 2.29 bits per heavy atom. The highest BCUT2D eigenvalue weighted by Crippen LogP contribution is 2.31. The molecule has 0 fully saturated rings. The number of thiazole rings is 1. The van der Waals surface area contributed by atoms with Crippen LogP contribution >= 0.6 is 11.3 Å². The number of aliphatic hydroxyl groups excluding tert-OH is 1. The number of fused-ring (bicyclic) bond motifs is 1. The molecule has 8 heteroatoms.